The fourth-order valence-electron chi connectivity index (χ4n) is 1.46. The molecular formula is C11H8Cl2N4O3. The molecule has 7 nitrogen and oxygen atoms in total. The zero-order valence-electron chi connectivity index (χ0n) is 9.84. The van der Waals surface area contributed by atoms with E-state index >= 15 is 0 Å². The van der Waals surface area contributed by atoms with Crippen molar-refractivity contribution in [3.63, 3.8) is 0 Å². The van der Waals surface area contributed by atoms with Gasteiger partial charge in [-0.05, 0) is 12.1 Å². The number of halogens is 2. The van der Waals surface area contributed by atoms with Crippen LogP contribution in [0.5, 0.6) is 11.5 Å². The fraction of sp³-hybridized carbons (Fsp3) is 0. The summed E-state index contributed by atoms with van der Waals surface area (Å²) in [4.78, 5) is 13.9. The van der Waals surface area contributed by atoms with Crippen LogP contribution >= 0.6 is 23.2 Å². The zero-order valence-corrected chi connectivity index (χ0v) is 11.4. The highest BCUT2D eigenvalue weighted by Gasteiger charge is 2.22. The standard InChI is InChI=1S/C11H8Cl2N4O3/c12-8-5(14)1-2-6(9(8)13)20-7-3-4-16-11(15)10(7)17(18)19/h1-4H,14H2,(H2,15,16). The van der Waals surface area contributed by atoms with E-state index in [-0.39, 0.29) is 33.0 Å². The van der Waals surface area contributed by atoms with E-state index in [0.717, 1.165) is 0 Å². The molecule has 0 bridgehead atoms. The molecule has 0 aliphatic carbocycles. The van der Waals surface area contributed by atoms with E-state index in [1.807, 2.05) is 0 Å². The van der Waals surface area contributed by atoms with Crippen LogP contribution in [-0.2, 0) is 0 Å². The Morgan fingerprint density at radius 3 is 2.50 bits per heavy atom. The Labute approximate surface area is 123 Å². The van der Waals surface area contributed by atoms with Crippen LogP contribution < -0.4 is 16.2 Å². The van der Waals surface area contributed by atoms with Crippen LogP contribution in [0.15, 0.2) is 24.4 Å². The van der Waals surface area contributed by atoms with E-state index in [0.29, 0.717) is 0 Å². The molecule has 0 unspecified atom stereocenters. The van der Waals surface area contributed by atoms with Crippen molar-refractivity contribution in [2.75, 3.05) is 11.5 Å². The van der Waals surface area contributed by atoms with Crippen LogP contribution in [0.2, 0.25) is 10.0 Å². The molecule has 1 aromatic heterocycles. The number of rotatable bonds is 3. The highest BCUT2D eigenvalue weighted by molar-refractivity contribution is 6.44. The lowest BCUT2D eigenvalue weighted by atomic mass is 10.3. The van der Waals surface area contributed by atoms with Crippen molar-refractivity contribution in [1.82, 2.24) is 4.98 Å². The smallest absolute Gasteiger partial charge is 0.353 e. The first-order valence-electron chi connectivity index (χ1n) is 5.22. The maximum absolute atomic E-state index is 11.0. The molecule has 0 atom stereocenters. The van der Waals surface area contributed by atoms with Gasteiger partial charge in [0.15, 0.2) is 0 Å². The first kappa shape index (κ1) is 14.2. The van der Waals surface area contributed by atoms with Gasteiger partial charge in [0.25, 0.3) is 0 Å². The predicted octanol–water partition coefficient (Wildman–Crippen LogP) is 3.25. The van der Waals surface area contributed by atoms with Gasteiger partial charge in [-0.25, -0.2) is 4.98 Å². The third kappa shape index (κ3) is 2.54. The number of anilines is 2. The SMILES string of the molecule is Nc1ccc(Oc2ccnc(N)c2[N+](=O)[O-])c(Cl)c1Cl. The Morgan fingerprint density at radius 2 is 1.85 bits per heavy atom. The van der Waals surface area contributed by atoms with E-state index < -0.39 is 10.6 Å². The van der Waals surface area contributed by atoms with Crippen LogP contribution in [0, 0.1) is 10.1 Å². The minimum Gasteiger partial charge on any atom is -0.448 e. The second-order valence-corrected chi connectivity index (χ2v) is 4.44. The molecule has 0 saturated heterocycles. The number of pyridine rings is 1. The molecule has 1 heterocycles. The Morgan fingerprint density at radius 1 is 1.15 bits per heavy atom. The van der Waals surface area contributed by atoms with Gasteiger partial charge in [0.2, 0.25) is 11.6 Å². The second kappa shape index (κ2) is 5.40. The monoisotopic (exact) mass is 314 g/mol. The van der Waals surface area contributed by atoms with Crippen LogP contribution in [0.1, 0.15) is 0 Å². The van der Waals surface area contributed by atoms with Crippen LogP contribution in [0.25, 0.3) is 0 Å². The van der Waals surface area contributed by atoms with Crippen molar-refractivity contribution in [2.45, 2.75) is 0 Å². The first-order valence-corrected chi connectivity index (χ1v) is 5.97. The summed E-state index contributed by atoms with van der Waals surface area (Å²) in [5, 5.41) is 11.1. The summed E-state index contributed by atoms with van der Waals surface area (Å²) in [6.07, 6.45) is 1.28. The van der Waals surface area contributed by atoms with Gasteiger partial charge < -0.3 is 16.2 Å². The van der Waals surface area contributed by atoms with Crippen molar-refractivity contribution in [3.05, 3.63) is 44.6 Å². The van der Waals surface area contributed by atoms with E-state index in [9.17, 15) is 10.1 Å². The van der Waals surface area contributed by atoms with Crippen LogP contribution in [-0.4, -0.2) is 9.91 Å². The molecule has 0 aliphatic heterocycles. The van der Waals surface area contributed by atoms with Gasteiger partial charge >= 0.3 is 5.69 Å². The number of hydrogen-bond acceptors (Lipinski definition) is 6. The Hall–Kier alpha value is -2.25. The summed E-state index contributed by atoms with van der Waals surface area (Å²) in [6, 6.07) is 4.22. The Balaban J connectivity index is 2.48. The molecule has 0 spiro atoms. The molecule has 4 N–H and O–H groups in total. The van der Waals surface area contributed by atoms with E-state index in [1.165, 1.54) is 24.4 Å². The molecule has 2 aromatic rings. The normalized spacial score (nSPS) is 10.3. The lowest BCUT2D eigenvalue weighted by molar-refractivity contribution is -0.384. The zero-order chi connectivity index (χ0) is 14.9. The van der Waals surface area contributed by atoms with Crippen LogP contribution in [0.3, 0.4) is 0 Å². The highest BCUT2D eigenvalue weighted by Crippen LogP contribution is 2.41. The highest BCUT2D eigenvalue weighted by atomic mass is 35.5. The minimum atomic E-state index is -0.690. The van der Waals surface area contributed by atoms with Crippen molar-refractivity contribution < 1.29 is 9.66 Å². The maximum atomic E-state index is 11.0. The topological polar surface area (TPSA) is 117 Å². The molecule has 2 rings (SSSR count). The Bertz CT molecular complexity index is 694. The molecule has 0 radical (unpaired) electrons. The number of benzene rings is 1. The summed E-state index contributed by atoms with van der Waals surface area (Å²) in [5.41, 5.74) is 10.9. The summed E-state index contributed by atoms with van der Waals surface area (Å²) in [6.45, 7) is 0. The van der Waals surface area contributed by atoms with Crippen LogP contribution in [0.4, 0.5) is 17.2 Å². The molecule has 0 fully saturated rings. The lowest BCUT2D eigenvalue weighted by Crippen LogP contribution is -2.01. The average molecular weight is 315 g/mol. The van der Waals surface area contributed by atoms with Gasteiger partial charge in [-0.2, -0.15) is 0 Å². The molecular weight excluding hydrogens is 307 g/mol. The van der Waals surface area contributed by atoms with E-state index in [1.54, 1.807) is 0 Å². The predicted molar refractivity (Wildman–Crippen MR) is 76.3 cm³/mol. The number of aromatic nitrogens is 1. The van der Waals surface area contributed by atoms with Crippen molar-refractivity contribution in [1.29, 1.82) is 0 Å². The molecule has 0 saturated carbocycles. The molecule has 0 amide bonds. The number of hydrogen-bond donors (Lipinski definition) is 2. The van der Waals surface area contributed by atoms with Crippen molar-refractivity contribution >= 4 is 40.4 Å². The van der Waals surface area contributed by atoms with Crippen molar-refractivity contribution in [3.8, 4) is 11.5 Å². The number of nitrogens with two attached hydrogens (primary N) is 2. The average Bonchev–Trinajstić information content (AvgIpc) is 2.39. The quantitative estimate of drug-likeness (QED) is 0.510. The number of nitrogens with zero attached hydrogens (tertiary/aromatic N) is 2. The van der Waals surface area contributed by atoms with Gasteiger partial charge in [0.1, 0.15) is 10.8 Å². The third-order valence-electron chi connectivity index (χ3n) is 2.39. The number of nitrogen functional groups attached to an aromatic ring is 2. The molecule has 20 heavy (non-hydrogen) atoms. The summed E-state index contributed by atoms with van der Waals surface area (Å²) < 4.78 is 5.38. The second-order valence-electron chi connectivity index (χ2n) is 3.68. The molecule has 104 valence electrons. The molecule has 1 aromatic carbocycles. The largest absolute Gasteiger partial charge is 0.448 e. The van der Waals surface area contributed by atoms with E-state index in [4.69, 9.17) is 39.4 Å². The number of ether oxygens (including phenoxy) is 1. The van der Waals surface area contributed by atoms with Gasteiger partial charge in [-0.15, -0.1) is 0 Å². The summed E-state index contributed by atoms with van der Waals surface area (Å²) in [7, 11) is 0. The minimum absolute atomic E-state index is 0.0522. The van der Waals surface area contributed by atoms with Gasteiger partial charge in [-0.1, -0.05) is 23.2 Å². The third-order valence-corrected chi connectivity index (χ3v) is 3.27. The van der Waals surface area contributed by atoms with Crippen molar-refractivity contribution in [2.24, 2.45) is 0 Å². The summed E-state index contributed by atoms with van der Waals surface area (Å²) >= 11 is 11.8. The first-order chi connectivity index (χ1) is 9.41. The molecule has 0 aliphatic rings. The molecule has 9 heteroatoms. The summed E-state index contributed by atoms with van der Waals surface area (Å²) in [5.74, 6) is -0.227. The fourth-order valence-corrected chi connectivity index (χ4v) is 1.83. The van der Waals surface area contributed by atoms with Gasteiger partial charge in [-0.3, -0.25) is 10.1 Å². The number of nitro groups is 1. The lowest BCUT2D eigenvalue weighted by Gasteiger charge is -2.10. The Kier molecular flexibility index (Phi) is 3.82. The maximum Gasteiger partial charge on any atom is 0.353 e. The van der Waals surface area contributed by atoms with E-state index in [2.05, 4.69) is 4.98 Å². The van der Waals surface area contributed by atoms with Gasteiger partial charge in [0, 0.05) is 12.3 Å². The van der Waals surface area contributed by atoms with Gasteiger partial charge in [0.05, 0.1) is 15.6 Å².